The first kappa shape index (κ1) is 19.7. The van der Waals surface area contributed by atoms with Crippen LogP contribution < -0.4 is 15.4 Å². The Morgan fingerprint density at radius 2 is 1.89 bits per heavy atom. The van der Waals surface area contributed by atoms with Gasteiger partial charge in [-0.1, -0.05) is 24.3 Å². The number of carbonyl (C=O) groups is 2. The SMILES string of the molecule is Cc1ccc(C(=O)NC2CC2)cc1NC(=O)N(C)CCCOc1ccccc1. The molecule has 3 rings (SSSR count). The molecule has 3 amide bonds. The highest BCUT2D eigenvalue weighted by Crippen LogP contribution is 2.21. The van der Waals surface area contributed by atoms with E-state index in [0.29, 0.717) is 30.4 Å². The number of nitrogens with zero attached hydrogens (tertiary/aromatic N) is 1. The Bertz CT molecular complexity index is 819. The van der Waals surface area contributed by atoms with E-state index in [9.17, 15) is 9.59 Å². The van der Waals surface area contributed by atoms with Gasteiger partial charge in [-0.25, -0.2) is 4.79 Å². The van der Waals surface area contributed by atoms with Crippen molar-refractivity contribution in [3.63, 3.8) is 0 Å². The Morgan fingerprint density at radius 3 is 2.61 bits per heavy atom. The lowest BCUT2D eigenvalue weighted by Crippen LogP contribution is -2.33. The van der Waals surface area contributed by atoms with Crippen molar-refractivity contribution in [2.24, 2.45) is 0 Å². The van der Waals surface area contributed by atoms with E-state index in [2.05, 4.69) is 10.6 Å². The fraction of sp³-hybridized carbons (Fsp3) is 0.364. The summed E-state index contributed by atoms with van der Waals surface area (Å²) in [5.41, 5.74) is 2.13. The maximum absolute atomic E-state index is 12.5. The predicted octanol–water partition coefficient (Wildman–Crippen LogP) is 3.82. The van der Waals surface area contributed by atoms with E-state index < -0.39 is 0 Å². The first-order valence-electron chi connectivity index (χ1n) is 9.64. The first-order chi connectivity index (χ1) is 13.5. The number of nitrogens with one attached hydrogen (secondary N) is 2. The number of aryl methyl sites for hydroxylation is 1. The van der Waals surface area contributed by atoms with Gasteiger partial charge in [-0.15, -0.1) is 0 Å². The lowest BCUT2D eigenvalue weighted by atomic mass is 10.1. The summed E-state index contributed by atoms with van der Waals surface area (Å²) in [6.07, 6.45) is 2.81. The molecule has 148 valence electrons. The summed E-state index contributed by atoms with van der Waals surface area (Å²) in [6, 6.07) is 15.1. The van der Waals surface area contributed by atoms with Gasteiger partial charge in [0.15, 0.2) is 0 Å². The Morgan fingerprint density at radius 1 is 1.14 bits per heavy atom. The van der Waals surface area contributed by atoms with Crippen molar-refractivity contribution in [2.45, 2.75) is 32.2 Å². The predicted molar refractivity (Wildman–Crippen MR) is 110 cm³/mol. The van der Waals surface area contributed by atoms with E-state index in [1.54, 1.807) is 24.1 Å². The third-order valence-corrected chi connectivity index (χ3v) is 4.65. The number of hydrogen-bond donors (Lipinski definition) is 2. The zero-order chi connectivity index (χ0) is 19.9. The van der Waals surface area contributed by atoms with Crippen molar-refractivity contribution in [3.8, 4) is 5.75 Å². The van der Waals surface area contributed by atoms with Crippen LogP contribution in [0, 0.1) is 6.92 Å². The van der Waals surface area contributed by atoms with Gasteiger partial charge in [-0.3, -0.25) is 4.79 Å². The molecule has 0 bridgehead atoms. The summed E-state index contributed by atoms with van der Waals surface area (Å²) >= 11 is 0. The maximum atomic E-state index is 12.5. The normalized spacial score (nSPS) is 12.9. The zero-order valence-corrected chi connectivity index (χ0v) is 16.4. The number of hydrogen-bond acceptors (Lipinski definition) is 3. The number of ether oxygens (including phenoxy) is 1. The molecule has 0 aromatic heterocycles. The molecule has 0 unspecified atom stereocenters. The van der Waals surface area contributed by atoms with E-state index >= 15 is 0 Å². The molecule has 6 nitrogen and oxygen atoms in total. The first-order valence-corrected chi connectivity index (χ1v) is 9.64. The van der Waals surface area contributed by atoms with Gasteiger partial charge < -0.3 is 20.3 Å². The molecule has 1 fully saturated rings. The van der Waals surface area contributed by atoms with Crippen LogP contribution in [0.15, 0.2) is 48.5 Å². The highest BCUT2D eigenvalue weighted by Gasteiger charge is 2.24. The van der Waals surface area contributed by atoms with Crippen LogP contribution in [0.3, 0.4) is 0 Å². The largest absolute Gasteiger partial charge is 0.494 e. The maximum Gasteiger partial charge on any atom is 0.321 e. The lowest BCUT2D eigenvalue weighted by molar-refractivity contribution is 0.0951. The van der Waals surface area contributed by atoms with Crippen LogP contribution >= 0.6 is 0 Å². The molecule has 1 saturated carbocycles. The van der Waals surface area contributed by atoms with Gasteiger partial charge in [0.05, 0.1) is 6.61 Å². The van der Waals surface area contributed by atoms with Crippen LogP contribution in [0.1, 0.15) is 35.2 Å². The lowest BCUT2D eigenvalue weighted by Gasteiger charge is -2.19. The van der Waals surface area contributed by atoms with Gasteiger partial charge in [-0.05, 0) is 56.0 Å². The smallest absolute Gasteiger partial charge is 0.321 e. The van der Waals surface area contributed by atoms with Crippen LogP contribution in [-0.2, 0) is 0 Å². The average molecular weight is 381 g/mol. The van der Waals surface area contributed by atoms with E-state index in [0.717, 1.165) is 30.6 Å². The summed E-state index contributed by atoms with van der Waals surface area (Å²) in [6.45, 7) is 3.02. The third kappa shape index (κ3) is 5.74. The molecule has 2 N–H and O–H groups in total. The molecule has 0 spiro atoms. The highest BCUT2D eigenvalue weighted by atomic mass is 16.5. The van der Waals surface area contributed by atoms with Crippen molar-refractivity contribution < 1.29 is 14.3 Å². The van der Waals surface area contributed by atoms with Crippen molar-refractivity contribution >= 4 is 17.6 Å². The Labute approximate surface area is 165 Å². The minimum absolute atomic E-state index is 0.0931. The number of benzene rings is 2. The number of rotatable bonds is 8. The topological polar surface area (TPSA) is 70.7 Å². The number of carbonyl (C=O) groups excluding carboxylic acids is 2. The number of para-hydroxylation sites is 1. The second kappa shape index (κ2) is 9.26. The minimum Gasteiger partial charge on any atom is -0.494 e. The molecule has 0 saturated heterocycles. The van der Waals surface area contributed by atoms with E-state index in [-0.39, 0.29) is 11.9 Å². The molecule has 28 heavy (non-hydrogen) atoms. The van der Waals surface area contributed by atoms with Crippen molar-refractivity contribution in [1.29, 1.82) is 0 Å². The summed E-state index contributed by atoms with van der Waals surface area (Å²) in [4.78, 5) is 26.3. The molecular weight excluding hydrogens is 354 g/mol. The summed E-state index contributed by atoms with van der Waals surface area (Å²) in [7, 11) is 1.75. The van der Waals surface area contributed by atoms with Crippen molar-refractivity contribution in [2.75, 3.05) is 25.5 Å². The molecular formula is C22H27N3O3. The Balaban J connectivity index is 1.48. The molecule has 0 aliphatic heterocycles. The van der Waals surface area contributed by atoms with Crippen molar-refractivity contribution in [3.05, 3.63) is 59.7 Å². The quantitative estimate of drug-likeness (QED) is 0.683. The van der Waals surface area contributed by atoms with E-state index in [1.807, 2.05) is 43.3 Å². The van der Waals surface area contributed by atoms with Gasteiger partial charge in [0, 0.05) is 30.9 Å². The molecule has 0 atom stereocenters. The monoisotopic (exact) mass is 381 g/mol. The van der Waals surface area contributed by atoms with Crippen LogP contribution in [0.25, 0.3) is 0 Å². The van der Waals surface area contributed by atoms with Crippen LogP contribution in [-0.4, -0.2) is 43.1 Å². The molecule has 0 radical (unpaired) electrons. The van der Waals surface area contributed by atoms with Gasteiger partial charge >= 0.3 is 6.03 Å². The van der Waals surface area contributed by atoms with Crippen LogP contribution in [0.5, 0.6) is 5.75 Å². The molecule has 0 heterocycles. The molecule has 1 aliphatic carbocycles. The fourth-order valence-electron chi connectivity index (χ4n) is 2.71. The Hall–Kier alpha value is -3.02. The minimum atomic E-state index is -0.206. The average Bonchev–Trinajstić information content (AvgIpc) is 3.51. The molecule has 2 aromatic rings. The second-order valence-corrected chi connectivity index (χ2v) is 7.14. The van der Waals surface area contributed by atoms with Gasteiger partial charge in [0.2, 0.25) is 0 Å². The Kier molecular flexibility index (Phi) is 6.53. The standard InChI is InChI=1S/C22H27N3O3/c1-16-9-10-17(21(26)23-18-11-12-18)15-20(16)24-22(27)25(2)13-6-14-28-19-7-4-3-5-8-19/h3-5,7-10,15,18H,6,11-14H2,1-2H3,(H,23,26)(H,24,27). The van der Waals surface area contributed by atoms with Gasteiger partial charge in [-0.2, -0.15) is 0 Å². The fourth-order valence-corrected chi connectivity index (χ4v) is 2.71. The molecule has 6 heteroatoms. The summed E-state index contributed by atoms with van der Waals surface area (Å²) in [5, 5.41) is 5.86. The third-order valence-electron chi connectivity index (χ3n) is 4.65. The molecule has 1 aliphatic rings. The van der Waals surface area contributed by atoms with Crippen molar-refractivity contribution in [1.82, 2.24) is 10.2 Å². The summed E-state index contributed by atoms with van der Waals surface area (Å²) < 4.78 is 5.65. The van der Waals surface area contributed by atoms with Crippen LogP contribution in [0.2, 0.25) is 0 Å². The van der Waals surface area contributed by atoms with E-state index in [1.165, 1.54) is 0 Å². The molecule has 2 aromatic carbocycles. The zero-order valence-electron chi connectivity index (χ0n) is 16.4. The van der Waals surface area contributed by atoms with Crippen LogP contribution in [0.4, 0.5) is 10.5 Å². The highest BCUT2D eigenvalue weighted by molar-refractivity contribution is 5.97. The number of amides is 3. The van der Waals surface area contributed by atoms with Gasteiger partial charge in [0.25, 0.3) is 5.91 Å². The number of anilines is 1. The van der Waals surface area contributed by atoms with Gasteiger partial charge in [0.1, 0.15) is 5.75 Å². The second-order valence-electron chi connectivity index (χ2n) is 7.14. The van der Waals surface area contributed by atoms with E-state index in [4.69, 9.17) is 4.74 Å². The summed E-state index contributed by atoms with van der Waals surface area (Å²) in [5.74, 6) is 0.732. The number of urea groups is 1.